The second-order valence-electron chi connectivity index (χ2n) is 7.98. The number of hydrogen-bond acceptors (Lipinski definition) is 8. The molecule has 1 saturated carbocycles. The van der Waals surface area contributed by atoms with Crippen molar-refractivity contribution >= 4 is 27.6 Å². The van der Waals surface area contributed by atoms with Crippen molar-refractivity contribution < 1.29 is 17.9 Å². The summed E-state index contributed by atoms with van der Waals surface area (Å²) in [7, 11) is -2.49. The summed E-state index contributed by atoms with van der Waals surface area (Å²) in [5.74, 6) is 1.09. The second-order valence-corrected chi connectivity index (χ2v) is 10.5. The maximum atomic E-state index is 13.2. The van der Waals surface area contributed by atoms with Gasteiger partial charge >= 0.3 is 0 Å². The average Bonchev–Trinajstić information content (AvgIpc) is 3.12. The maximum absolute atomic E-state index is 13.2. The molecule has 12 heteroatoms. The summed E-state index contributed by atoms with van der Waals surface area (Å²) in [5.41, 5.74) is -0.216. The third kappa shape index (κ3) is 4.03. The van der Waals surface area contributed by atoms with Crippen molar-refractivity contribution in [3.8, 4) is 0 Å². The molecule has 0 spiro atoms. The lowest BCUT2D eigenvalue weighted by Gasteiger charge is -2.23. The number of nitrogens with zero attached hydrogens (tertiary/aromatic N) is 5. The molecule has 2 aromatic heterocycles. The first kappa shape index (κ1) is 21.4. The van der Waals surface area contributed by atoms with Gasteiger partial charge in [-0.1, -0.05) is 11.6 Å². The van der Waals surface area contributed by atoms with Crippen LogP contribution in [0.3, 0.4) is 0 Å². The molecule has 1 saturated heterocycles. The van der Waals surface area contributed by atoms with E-state index >= 15 is 0 Å². The molecule has 3 heterocycles. The molecular formula is C18H25ClN6O4S. The van der Waals surface area contributed by atoms with Gasteiger partial charge in [-0.05, 0) is 39.5 Å². The summed E-state index contributed by atoms with van der Waals surface area (Å²) < 4.78 is 42.0. The number of rotatable bonds is 8. The van der Waals surface area contributed by atoms with Gasteiger partial charge in [0.15, 0.2) is 11.6 Å². The molecule has 1 aliphatic carbocycles. The number of halogens is 1. The molecule has 2 unspecified atom stereocenters. The third-order valence-electron chi connectivity index (χ3n) is 5.72. The van der Waals surface area contributed by atoms with Gasteiger partial charge in [0.25, 0.3) is 0 Å². The smallest absolute Gasteiger partial charge is 0.240 e. The van der Waals surface area contributed by atoms with Gasteiger partial charge in [0.05, 0.1) is 5.02 Å². The highest BCUT2D eigenvalue weighted by molar-refractivity contribution is 7.93. The largest absolute Gasteiger partial charge is 0.372 e. The minimum absolute atomic E-state index is 0.167. The van der Waals surface area contributed by atoms with E-state index in [1.165, 1.54) is 26.4 Å². The zero-order chi connectivity index (χ0) is 21.5. The van der Waals surface area contributed by atoms with Gasteiger partial charge in [-0.3, -0.25) is 9.29 Å². The van der Waals surface area contributed by atoms with Crippen LogP contribution in [0.1, 0.15) is 63.4 Å². The zero-order valence-electron chi connectivity index (χ0n) is 17.1. The Hall–Kier alpha value is -1.82. The van der Waals surface area contributed by atoms with Gasteiger partial charge in [0.1, 0.15) is 17.5 Å². The van der Waals surface area contributed by atoms with Crippen LogP contribution < -0.4 is 4.72 Å². The Labute approximate surface area is 180 Å². The van der Waals surface area contributed by atoms with Crippen molar-refractivity contribution in [2.24, 2.45) is 0 Å². The molecule has 1 aliphatic heterocycles. The maximum Gasteiger partial charge on any atom is 0.240 e. The van der Waals surface area contributed by atoms with Gasteiger partial charge in [-0.15, -0.1) is 10.2 Å². The summed E-state index contributed by atoms with van der Waals surface area (Å²) in [6, 6.07) is 0. The van der Waals surface area contributed by atoms with E-state index in [0.29, 0.717) is 17.5 Å². The fourth-order valence-electron chi connectivity index (χ4n) is 3.65. The van der Waals surface area contributed by atoms with E-state index in [2.05, 4.69) is 31.8 Å². The Kier molecular flexibility index (Phi) is 5.73. The van der Waals surface area contributed by atoms with E-state index in [1.807, 2.05) is 4.57 Å². The zero-order valence-corrected chi connectivity index (χ0v) is 18.6. The van der Waals surface area contributed by atoms with Gasteiger partial charge in [-0.2, -0.15) is 0 Å². The van der Waals surface area contributed by atoms with Crippen molar-refractivity contribution in [1.82, 2.24) is 24.7 Å². The number of anilines is 1. The van der Waals surface area contributed by atoms with Crippen molar-refractivity contribution in [3.63, 3.8) is 0 Å². The molecule has 4 rings (SSSR count). The Morgan fingerprint density at radius 2 is 2.03 bits per heavy atom. The molecule has 0 bridgehead atoms. The van der Waals surface area contributed by atoms with Gasteiger partial charge in [0.2, 0.25) is 16.0 Å². The first-order chi connectivity index (χ1) is 14.2. The fraction of sp³-hybridized carbons (Fsp3) is 0.667. The number of hydrogen-bond donors (Lipinski definition) is 1. The fourth-order valence-corrected chi connectivity index (χ4v) is 4.88. The van der Waals surface area contributed by atoms with Crippen LogP contribution in [0.4, 0.5) is 5.95 Å². The first-order valence-electron chi connectivity index (χ1n) is 9.84. The van der Waals surface area contributed by atoms with E-state index in [4.69, 9.17) is 21.1 Å². The van der Waals surface area contributed by atoms with Crippen LogP contribution in [0.5, 0.6) is 0 Å². The molecule has 2 fully saturated rings. The number of ether oxygens (including phenoxy) is 2. The highest BCUT2D eigenvalue weighted by atomic mass is 35.5. The van der Waals surface area contributed by atoms with Crippen molar-refractivity contribution in [2.75, 3.05) is 18.4 Å². The Balaban J connectivity index is 1.62. The summed E-state index contributed by atoms with van der Waals surface area (Å²) in [5, 5.41) is 7.79. The molecule has 1 N–H and O–H groups in total. The summed E-state index contributed by atoms with van der Waals surface area (Å²) in [6.45, 7) is 4.27. The molecule has 3 atom stereocenters. The highest BCUT2D eigenvalue weighted by Gasteiger charge is 2.45. The predicted octanol–water partition coefficient (Wildman–Crippen LogP) is 2.60. The van der Waals surface area contributed by atoms with Gasteiger partial charge < -0.3 is 9.47 Å². The number of nitrogens with one attached hydrogen (secondary N) is 1. The van der Waals surface area contributed by atoms with Crippen LogP contribution in [-0.4, -0.2) is 52.1 Å². The van der Waals surface area contributed by atoms with Gasteiger partial charge in [0, 0.05) is 31.6 Å². The lowest BCUT2D eigenvalue weighted by atomic mass is 10.2. The van der Waals surface area contributed by atoms with Crippen molar-refractivity contribution in [1.29, 1.82) is 0 Å². The average molecular weight is 457 g/mol. The quantitative estimate of drug-likeness (QED) is 0.643. The Morgan fingerprint density at radius 3 is 2.60 bits per heavy atom. The van der Waals surface area contributed by atoms with Gasteiger partial charge in [-0.25, -0.2) is 18.4 Å². The number of sulfonamides is 1. The normalized spacial score (nSPS) is 22.6. The second kappa shape index (κ2) is 8.03. The number of methoxy groups -OCH3 is 1. The molecule has 0 aromatic carbocycles. The molecule has 164 valence electrons. The summed E-state index contributed by atoms with van der Waals surface area (Å²) >= 11 is 5.83. The van der Waals surface area contributed by atoms with E-state index in [-0.39, 0.29) is 23.4 Å². The van der Waals surface area contributed by atoms with Crippen LogP contribution in [0.15, 0.2) is 12.4 Å². The van der Waals surface area contributed by atoms with E-state index in [9.17, 15) is 8.42 Å². The predicted molar refractivity (Wildman–Crippen MR) is 110 cm³/mol. The van der Waals surface area contributed by atoms with E-state index < -0.39 is 21.4 Å². The van der Waals surface area contributed by atoms with Crippen LogP contribution in [-0.2, 0) is 25.0 Å². The van der Waals surface area contributed by atoms with Crippen LogP contribution >= 0.6 is 11.6 Å². The molecule has 10 nitrogen and oxygen atoms in total. The standard InChI is InChI=1S/C18H25ClN6O4S/c1-11(14(28-3)15-20-9-12(19)10-21-15)30(26,27)24-17-23-22-16(13-5-4-8-29-13)25(17)18(2)6-7-18/h9-11,13-14H,4-8H2,1-3H3,(H,23,24)/t11?,13-,14?/m0/s1. The highest BCUT2D eigenvalue weighted by Crippen LogP contribution is 2.47. The topological polar surface area (TPSA) is 121 Å². The molecule has 0 amide bonds. The molecule has 2 aliphatic rings. The van der Waals surface area contributed by atoms with E-state index in [1.54, 1.807) is 0 Å². The van der Waals surface area contributed by atoms with Crippen LogP contribution in [0.25, 0.3) is 0 Å². The van der Waals surface area contributed by atoms with Crippen molar-refractivity contribution in [3.05, 3.63) is 29.1 Å². The Morgan fingerprint density at radius 1 is 1.33 bits per heavy atom. The SMILES string of the molecule is COC(c1ncc(Cl)cn1)C(C)S(=O)(=O)Nc1nnc([C@@H]2CCCO2)n1C1(C)CC1. The minimum atomic E-state index is -3.90. The van der Waals surface area contributed by atoms with E-state index in [0.717, 1.165) is 25.7 Å². The minimum Gasteiger partial charge on any atom is -0.372 e. The first-order valence-corrected chi connectivity index (χ1v) is 11.8. The van der Waals surface area contributed by atoms with Crippen LogP contribution in [0.2, 0.25) is 5.02 Å². The monoisotopic (exact) mass is 456 g/mol. The molecule has 2 aromatic rings. The number of aromatic nitrogens is 5. The molecular weight excluding hydrogens is 432 g/mol. The lowest BCUT2D eigenvalue weighted by molar-refractivity contribution is 0.0949. The molecule has 30 heavy (non-hydrogen) atoms. The van der Waals surface area contributed by atoms with Crippen molar-refractivity contribution in [2.45, 2.75) is 62.5 Å². The summed E-state index contributed by atoms with van der Waals surface area (Å²) in [6.07, 6.45) is 5.40. The Bertz CT molecular complexity index is 1000. The lowest BCUT2D eigenvalue weighted by Crippen LogP contribution is -2.34. The molecule has 0 radical (unpaired) electrons. The third-order valence-corrected chi connectivity index (χ3v) is 7.61. The van der Waals surface area contributed by atoms with Crippen LogP contribution in [0, 0.1) is 0 Å². The summed E-state index contributed by atoms with van der Waals surface area (Å²) in [4.78, 5) is 8.21.